The first kappa shape index (κ1) is 15.8. The molecule has 108 valence electrons. The van der Waals surface area contributed by atoms with Crippen LogP contribution in [0.4, 0.5) is 19.0 Å². The van der Waals surface area contributed by atoms with Crippen LogP contribution < -0.4 is 10.9 Å². The Hall–Kier alpha value is -2.30. The summed E-state index contributed by atoms with van der Waals surface area (Å²) < 4.78 is 38.0. The fourth-order valence-electron chi connectivity index (χ4n) is 1.31. The predicted molar refractivity (Wildman–Crippen MR) is 65.3 cm³/mol. The molecule has 1 aromatic heterocycles. The number of carbonyl (C=O) groups excluding carboxylic acids is 1. The molecule has 0 saturated carbocycles. The van der Waals surface area contributed by atoms with Crippen LogP contribution in [0.2, 0.25) is 0 Å². The number of hydrazine groups is 1. The Labute approximate surface area is 113 Å². The van der Waals surface area contributed by atoms with Crippen molar-refractivity contribution in [3.05, 3.63) is 22.9 Å². The zero-order valence-electron chi connectivity index (χ0n) is 11.1. The standard InChI is InChI=1S/C12H13F3N4O/c1-6(2)11(20)19-18-10-8(5-16)7(3)4-9(17-10)12(13,14)15/h4,6H,1-3H3,(H,17,18)(H,19,20). The highest BCUT2D eigenvalue weighted by Crippen LogP contribution is 2.30. The number of nitriles is 1. The molecule has 1 heterocycles. The first-order valence-electron chi connectivity index (χ1n) is 5.71. The molecule has 0 aromatic carbocycles. The van der Waals surface area contributed by atoms with E-state index in [1.165, 1.54) is 6.92 Å². The van der Waals surface area contributed by atoms with Crippen molar-refractivity contribution < 1.29 is 18.0 Å². The van der Waals surface area contributed by atoms with E-state index < -0.39 is 17.8 Å². The molecule has 8 heteroatoms. The molecule has 0 spiro atoms. The van der Waals surface area contributed by atoms with Crippen LogP contribution in [0.5, 0.6) is 0 Å². The molecule has 2 N–H and O–H groups in total. The number of hydrogen-bond donors (Lipinski definition) is 2. The topological polar surface area (TPSA) is 77.8 Å². The number of nitrogens with zero attached hydrogens (tertiary/aromatic N) is 2. The zero-order valence-corrected chi connectivity index (χ0v) is 11.1. The van der Waals surface area contributed by atoms with E-state index in [-0.39, 0.29) is 22.9 Å². The van der Waals surface area contributed by atoms with E-state index in [1.54, 1.807) is 19.9 Å². The van der Waals surface area contributed by atoms with Gasteiger partial charge in [0.2, 0.25) is 5.91 Å². The maximum atomic E-state index is 12.7. The summed E-state index contributed by atoms with van der Waals surface area (Å²) in [5.41, 5.74) is 3.41. The summed E-state index contributed by atoms with van der Waals surface area (Å²) >= 11 is 0. The van der Waals surface area contributed by atoms with Gasteiger partial charge in [-0.05, 0) is 18.6 Å². The molecule has 0 bridgehead atoms. The number of carbonyl (C=O) groups is 1. The molecule has 0 atom stereocenters. The predicted octanol–water partition coefficient (Wildman–Crippen LogP) is 2.38. The van der Waals surface area contributed by atoms with Crippen molar-refractivity contribution in [3.63, 3.8) is 0 Å². The third kappa shape index (κ3) is 3.60. The first-order valence-corrected chi connectivity index (χ1v) is 5.71. The number of halogens is 3. The van der Waals surface area contributed by atoms with Crippen molar-refractivity contribution in [1.82, 2.24) is 10.4 Å². The van der Waals surface area contributed by atoms with E-state index >= 15 is 0 Å². The van der Waals surface area contributed by atoms with Crippen LogP contribution in [-0.4, -0.2) is 10.9 Å². The fourth-order valence-corrected chi connectivity index (χ4v) is 1.31. The van der Waals surface area contributed by atoms with Gasteiger partial charge in [0, 0.05) is 5.92 Å². The summed E-state index contributed by atoms with van der Waals surface area (Å²) in [6, 6.07) is 2.54. The zero-order chi connectivity index (χ0) is 15.5. The summed E-state index contributed by atoms with van der Waals surface area (Å²) in [6.45, 7) is 4.60. The highest BCUT2D eigenvalue weighted by molar-refractivity contribution is 5.79. The van der Waals surface area contributed by atoms with Gasteiger partial charge < -0.3 is 0 Å². The van der Waals surface area contributed by atoms with Crippen LogP contribution in [0.25, 0.3) is 0 Å². The lowest BCUT2D eigenvalue weighted by Gasteiger charge is -2.14. The number of rotatable bonds is 3. The maximum absolute atomic E-state index is 12.7. The monoisotopic (exact) mass is 286 g/mol. The van der Waals surface area contributed by atoms with Gasteiger partial charge in [-0.1, -0.05) is 13.8 Å². The lowest BCUT2D eigenvalue weighted by atomic mass is 10.1. The number of alkyl halides is 3. The molecular weight excluding hydrogens is 273 g/mol. The Kier molecular flexibility index (Phi) is 4.55. The molecule has 0 saturated heterocycles. The Morgan fingerprint density at radius 1 is 1.45 bits per heavy atom. The van der Waals surface area contributed by atoms with Crippen molar-refractivity contribution in [2.45, 2.75) is 26.9 Å². The van der Waals surface area contributed by atoms with Gasteiger partial charge >= 0.3 is 6.18 Å². The smallest absolute Gasteiger partial charge is 0.281 e. The molecule has 0 radical (unpaired) electrons. The van der Waals surface area contributed by atoms with Gasteiger partial charge in [-0.25, -0.2) is 4.98 Å². The van der Waals surface area contributed by atoms with E-state index in [0.29, 0.717) is 0 Å². The van der Waals surface area contributed by atoms with E-state index in [9.17, 15) is 18.0 Å². The molecule has 5 nitrogen and oxygen atoms in total. The van der Waals surface area contributed by atoms with Crippen LogP contribution in [0.3, 0.4) is 0 Å². The summed E-state index contributed by atoms with van der Waals surface area (Å²) in [4.78, 5) is 14.7. The highest BCUT2D eigenvalue weighted by atomic mass is 19.4. The normalized spacial score (nSPS) is 11.1. The summed E-state index contributed by atoms with van der Waals surface area (Å²) in [6.07, 6.45) is -4.63. The number of aromatic nitrogens is 1. The molecule has 0 aliphatic rings. The minimum atomic E-state index is -4.63. The fraction of sp³-hybridized carbons (Fsp3) is 0.417. The van der Waals surface area contributed by atoms with E-state index in [4.69, 9.17) is 5.26 Å². The first-order chi connectivity index (χ1) is 9.16. The van der Waals surface area contributed by atoms with Crippen molar-refractivity contribution in [2.24, 2.45) is 5.92 Å². The van der Waals surface area contributed by atoms with Crippen molar-refractivity contribution in [3.8, 4) is 6.07 Å². The summed E-state index contributed by atoms with van der Waals surface area (Å²) in [5.74, 6) is -1.11. The van der Waals surface area contributed by atoms with Gasteiger partial charge in [0.15, 0.2) is 5.82 Å². The van der Waals surface area contributed by atoms with E-state index in [0.717, 1.165) is 6.07 Å². The third-order valence-corrected chi connectivity index (χ3v) is 2.45. The van der Waals surface area contributed by atoms with Crippen LogP contribution >= 0.6 is 0 Å². The van der Waals surface area contributed by atoms with E-state index in [1.807, 2.05) is 0 Å². The Morgan fingerprint density at radius 2 is 2.05 bits per heavy atom. The molecule has 1 amide bonds. The average molecular weight is 286 g/mol. The van der Waals surface area contributed by atoms with Gasteiger partial charge in [-0.3, -0.25) is 15.6 Å². The molecule has 0 aliphatic carbocycles. The van der Waals surface area contributed by atoms with Crippen LogP contribution in [-0.2, 0) is 11.0 Å². The summed E-state index contributed by atoms with van der Waals surface area (Å²) in [5, 5.41) is 8.94. The number of hydrogen-bond acceptors (Lipinski definition) is 4. The minimum absolute atomic E-state index is 0.0537. The number of nitrogens with one attached hydrogen (secondary N) is 2. The summed E-state index contributed by atoms with van der Waals surface area (Å²) in [7, 11) is 0. The van der Waals surface area contributed by atoms with Crippen LogP contribution in [0, 0.1) is 24.2 Å². The molecular formula is C12H13F3N4O. The SMILES string of the molecule is Cc1cc(C(F)(F)F)nc(NNC(=O)C(C)C)c1C#N. The van der Waals surface area contributed by atoms with Crippen LogP contribution in [0.1, 0.15) is 30.7 Å². The number of anilines is 1. The quantitative estimate of drug-likeness (QED) is 0.836. The maximum Gasteiger partial charge on any atom is 0.433 e. The second-order valence-corrected chi connectivity index (χ2v) is 4.43. The molecule has 20 heavy (non-hydrogen) atoms. The average Bonchev–Trinajstić information content (AvgIpc) is 2.33. The molecule has 0 aliphatic heterocycles. The van der Waals surface area contributed by atoms with Gasteiger partial charge in [0.25, 0.3) is 0 Å². The minimum Gasteiger partial charge on any atom is -0.281 e. The largest absolute Gasteiger partial charge is 0.433 e. The number of pyridine rings is 1. The lowest BCUT2D eigenvalue weighted by Crippen LogP contribution is -2.33. The van der Waals surface area contributed by atoms with Crippen molar-refractivity contribution in [1.29, 1.82) is 5.26 Å². The lowest BCUT2D eigenvalue weighted by molar-refractivity contribution is -0.141. The van der Waals surface area contributed by atoms with Crippen molar-refractivity contribution >= 4 is 11.7 Å². The van der Waals surface area contributed by atoms with Gasteiger partial charge in [0.05, 0.1) is 5.56 Å². The number of aryl methyl sites for hydroxylation is 1. The van der Waals surface area contributed by atoms with Crippen LogP contribution in [0.15, 0.2) is 6.07 Å². The van der Waals surface area contributed by atoms with Crippen molar-refractivity contribution in [2.75, 3.05) is 5.43 Å². The third-order valence-electron chi connectivity index (χ3n) is 2.45. The second kappa shape index (κ2) is 5.77. The highest BCUT2D eigenvalue weighted by Gasteiger charge is 2.34. The van der Waals surface area contributed by atoms with Gasteiger partial charge in [0.1, 0.15) is 11.8 Å². The molecule has 1 aromatic rings. The molecule has 1 rings (SSSR count). The Balaban J connectivity index is 3.14. The Bertz CT molecular complexity index is 561. The Morgan fingerprint density at radius 3 is 2.50 bits per heavy atom. The van der Waals surface area contributed by atoms with Gasteiger partial charge in [-0.15, -0.1) is 0 Å². The second-order valence-electron chi connectivity index (χ2n) is 4.43. The van der Waals surface area contributed by atoms with Gasteiger partial charge in [-0.2, -0.15) is 18.4 Å². The molecule has 0 unspecified atom stereocenters. The number of amides is 1. The van der Waals surface area contributed by atoms with E-state index in [2.05, 4.69) is 15.8 Å². The molecule has 0 fully saturated rings.